The molecule has 23 heavy (non-hydrogen) atoms. The highest BCUT2D eigenvalue weighted by Gasteiger charge is 2.51. The van der Waals surface area contributed by atoms with Gasteiger partial charge in [-0.25, -0.2) is 4.39 Å². The third kappa shape index (κ3) is 3.05. The monoisotopic (exact) mass is 341 g/mol. The maximum absolute atomic E-state index is 14.3. The van der Waals surface area contributed by atoms with Crippen LogP contribution in [0.2, 0.25) is 5.02 Å². The van der Waals surface area contributed by atoms with Crippen molar-refractivity contribution in [1.29, 1.82) is 0 Å². The molecule has 0 spiro atoms. The molecule has 122 valence electrons. The van der Waals surface area contributed by atoms with E-state index in [1.165, 1.54) is 32.0 Å². The van der Waals surface area contributed by atoms with Crippen LogP contribution in [-0.4, -0.2) is 17.7 Å². The fourth-order valence-electron chi connectivity index (χ4n) is 2.14. The van der Waals surface area contributed by atoms with Crippen molar-refractivity contribution in [3.05, 3.63) is 46.2 Å². The Labute approximate surface area is 136 Å². The van der Waals surface area contributed by atoms with Crippen LogP contribution >= 0.6 is 11.6 Å². The van der Waals surface area contributed by atoms with E-state index in [-0.39, 0.29) is 16.5 Å². The van der Waals surface area contributed by atoms with Gasteiger partial charge in [-0.2, -0.15) is 0 Å². The third-order valence-corrected chi connectivity index (χ3v) is 3.44. The number of hydrogen-bond acceptors (Lipinski definition) is 5. The molecule has 8 heteroatoms. The van der Waals surface area contributed by atoms with Crippen molar-refractivity contribution in [2.24, 2.45) is 0 Å². The molecule has 0 radical (unpaired) electrons. The van der Waals surface area contributed by atoms with Gasteiger partial charge in [0.05, 0.1) is 5.02 Å². The smallest absolute Gasteiger partial charge is 0.308 e. The fourth-order valence-corrected chi connectivity index (χ4v) is 2.32. The highest BCUT2D eigenvalue weighted by atomic mass is 35.5. The molecule has 1 atom stereocenters. The first-order chi connectivity index (χ1) is 10.7. The van der Waals surface area contributed by atoms with Gasteiger partial charge in [0, 0.05) is 19.4 Å². The molecule has 1 aromatic carbocycles. The average molecular weight is 342 g/mol. The maximum atomic E-state index is 14.3. The minimum atomic E-state index is -1.82. The van der Waals surface area contributed by atoms with Gasteiger partial charge in [-0.1, -0.05) is 23.7 Å². The highest BCUT2D eigenvalue weighted by molar-refractivity contribution is 6.30. The van der Waals surface area contributed by atoms with E-state index in [1.807, 2.05) is 0 Å². The molecule has 0 aliphatic carbocycles. The lowest BCUT2D eigenvalue weighted by molar-refractivity contribution is -0.142. The summed E-state index contributed by atoms with van der Waals surface area (Å²) >= 11 is 5.73. The first-order valence-electron chi connectivity index (χ1n) is 6.55. The predicted molar refractivity (Wildman–Crippen MR) is 77.5 cm³/mol. The Morgan fingerprint density at radius 3 is 2.57 bits per heavy atom. The molecule has 6 nitrogen and oxygen atoms in total. The number of carbonyl (C=O) groups is 3. The summed E-state index contributed by atoms with van der Waals surface area (Å²) in [6.45, 7) is 3.56. The number of rotatable bonds is 3. The number of ketones is 1. The van der Waals surface area contributed by atoms with E-state index in [4.69, 9.17) is 21.1 Å². The molecule has 1 heterocycles. The quantitative estimate of drug-likeness (QED) is 0.852. The third-order valence-electron chi connectivity index (χ3n) is 3.15. The van der Waals surface area contributed by atoms with Crippen molar-refractivity contribution >= 4 is 29.3 Å². The van der Waals surface area contributed by atoms with Gasteiger partial charge in [-0.05, 0) is 13.0 Å². The van der Waals surface area contributed by atoms with Gasteiger partial charge in [0.2, 0.25) is 23.2 Å². The number of carbonyl (C=O) groups excluding carboxylic acids is 3. The van der Waals surface area contributed by atoms with Crippen molar-refractivity contribution in [2.45, 2.75) is 26.4 Å². The summed E-state index contributed by atoms with van der Waals surface area (Å²) in [5.74, 6) is -3.81. The second kappa shape index (κ2) is 6.00. The Kier molecular flexibility index (Phi) is 4.42. The van der Waals surface area contributed by atoms with E-state index in [2.05, 4.69) is 5.32 Å². The van der Waals surface area contributed by atoms with E-state index in [0.717, 1.165) is 6.92 Å². The number of benzene rings is 1. The summed E-state index contributed by atoms with van der Waals surface area (Å²) in [7, 11) is 0. The molecular formula is C15H13ClFNO5. The summed E-state index contributed by atoms with van der Waals surface area (Å²) in [5, 5.41) is 2.06. The second-order valence-corrected chi connectivity index (χ2v) is 5.41. The highest BCUT2D eigenvalue weighted by Crippen LogP contribution is 2.40. The topological polar surface area (TPSA) is 81.7 Å². The van der Waals surface area contributed by atoms with Gasteiger partial charge in [0.25, 0.3) is 5.78 Å². The second-order valence-electron chi connectivity index (χ2n) is 5.00. The van der Waals surface area contributed by atoms with Gasteiger partial charge >= 0.3 is 5.97 Å². The Bertz CT molecular complexity index is 745. The van der Waals surface area contributed by atoms with Crippen LogP contribution in [0.15, 0.2) is 29.8 Å². The van der Waals surface area contributed by atoms with Crippen molar-refractivity contribution in [3.8, 4) is 0 Å². The van der Waals surface area contributed by atoms with Crippen LogP contribution in [0.4, 0.5) is 4.39 Å². The van der Waals surface area contributed by atoms with Crippen LogP contribution in [0, 0.1) is 5.82 Å². The SMILES string of the molecule is CC(=O)NC1=C(OC(C)=O)C(=O)C(C)(c2cccc(Cl)c2F)O1. The van der Waals surface area contributed by atoms with Gasteiger partial charge in [0.15, 0.2) is 0 Å². The number of hydrogen-bond donors (Lipinski definition) is 1. The molecular weight excluding hydrogens is 329 g/mol. The maximum Gasteiger partial charge on any atom is 0.308 e. The van der Waals surface area contributed by atoms with Crippen LogP contribution in [0.25, 0.3) is 0 Å². The molecule has 1 unspecified atom stereocenters. The zero-order valence-electron chi connectivity index (χ0n) is 12.5. The Morgan fingerprint density at radius 1 is 1.35 bits per heavy atom. The van der Waals surface area contributed by atoms with Crippen molar-refractivity contribution in [2.75, 3.05) is 0 Å². The molecule has 2 rings (SSSR count). The van der Waals surface area contributed by atoms with Crippen LogP contribution < -0.4 is 5.32 Å². The molecule has 0 fully saturated rings. The molecule has 0 saturated heterocycles. The summed E-state index contributed by atoms with van der Waals surface area (Å²) in [6, 6.07) is 4.09. The van der Waals surface area contributed by atoms with E-state index in [9.17, 15) is 18.8 Å². The van der Waals surface area contributed by atoms with Crippen LogP contribution in [0.1, 0.15) is 26.3 Å². The largest absolute Gasteiger partial charge is 0.456 e. The van der Waals surface area contributed by atoms with Gasteiger partial charge in [-0.3, -0.25) is 19.7 Å². The molecule has 1 aromatic rings. The van der Waals surface area contributed by atoms with Gasteiger partial charge in [-0.15, -0.1) is 0 Å². The zero-order chi connectivity index (χ0) is 17.4. The predicted octanol–water partition coefficient (Wildman–Crippen LogP) is 2.16. The molecule has 0 saturated carbocycles. The van der Waals surface area contributed by atoms with E-state index >= 15 is 0 Å². The first-order valence-corrected chi connectivity index (χ1v) is 6.93. The summed E-state index contributed by atoms with van der Waals surface area (Å²) in [5.41, 5.74) is -1.96. The Morgan fingerprint density at radius 2 is 2.00 bits per heavy atom. The van der Waals surface area contributed by atoms with Crippen LogP contribution in [-0.2, 0) is 29.5 Å². The summed E-state index contributed by atoms with van der Waals surface area (Å²) < 4.78 is 24.5. The normalized spacial score (nSPS) is 20.3. The van der Waals surface area contributed by atoms with E-state index in [0.29, 0.717) is 0 Å². The summed E-state index contributed by atoms with van der Waals surface area (Å²) in [6.07, 6.45) is 0. The standard InChI is InChI=1S/C15H13ClFNO5/c1-7(19)18-14-12(22-8(2)20)13(21)15(3,23-14)9-5-4-6-10(16)11(9)17/h4-6H,1-3H3,(H,18,19). The number of halogens is 2. The lowest BCUT2D eigenvalue weighted by atomic mass is 9.91. The van der Waals surface area contributed by atoms with E-state index < -0.39 is 34.8 Å². The van der Waals surface area contributed by atoms with Crippen LogP contribution in [0.5, 0.6) is 0 Å². The molecule has 1 aliphatic rings. The first kappa shape index (κ1) is 17.0. The lowest BCUT2D eigenvalue weighted by Gasteiger charge is -2.24. The molecule has 1 aliphatic heterocycles. The molecule has 0 aromatic heterocycles. The van der Waals surface area contributed by atoms with Gasteiger partial charge < -0.3 is 9.47 Å². The minimum Gasteiger partial charge on any atom is -0.456 e. The lowest BCUT2D eigenvalue weighted by Crippen LogP contribution is -2.33. The molecule has 0 bridgehead atoms. The van der Waals surface area contributed by atoms with Crippen molar-refractivity contribution < 1.29 is 28.2 Å². The number of ether oxygens (including phenoxy) is 2. The van der Waals surface area contributed by atoms with Crippen LogP contribution in [0.3, 0.4) is 0 Å². The number of esters is 1. The fraction of sp³-hybridized carbons (Fsp3) is 0.267. The average Bonchev–Trinajstić information content (AvgIpc) is 2.66. The minimum absolute atomic E-state index is 0.139. The number of nitrogens with one attached hydrogen (secondary N) is 1. The molecule has 1 amide bonds. The van der Waals surface area contributed by atoms with E-state index in [1.54, 1.807) is 0 Å². The zero-order valence-corrected chi connectivity index (χ0v) is 13.3. The Hall–Kier alpha value is -2.41. The van der Waals surface area contributed by atoms with Crippen molar-refractivity contribution in [3.63, 3.8) is 0 Å². The Balaban J connectivity index is 2.51. The van der Waals surface area contributed by atoms with Gasteiger partial charge in [0.1, 0.15) is 5.82 Å². The van der Waals surface area contributed by atoms with Crippen molar-refractivity contribution in [1.82, 2.24) is 5.32 Å². The number of amides is 1. The number of Topliss-reactive ketones (excluding diaryl/α,β-unsaturated/α-hetero) is 1. The molecule has 1 N–H and O–H groups in total. The summed E-state index contributed by atoms with van der Waals surface area (Å²) in [4.78, 5) is 35.0.